The summed E-state index contributed by atoms with van der Waals surface area (Å²) in [6.45, 7) is 4.23. The fraction of sp³-hybridized carbons (Fsp3) is 0.692. The average molecular weight is 335 g/mol. The molecule has 2 fully saturated rings. The number of ether oxygens (including phenoxy) is 1. The summed E-state index contributed by atoms with van der Waals surface area (Å²) in [5.41, 5.74) is 0. The van der Waals surface area contributed by atoms with E-state index in [9.17, 15) is 8.42 Å². The Hall–Kier alpha value is -0.600. The van der Waals surface area contributed by atoms with Crippen LogP contribution < -0.4 is 0 Å². The molecule has 118 valence electrons. The highest BCUT2D eigenvalue weighted by Gasteiger charge is 2.37. The number of nitrogens with zero attached hydrogens (tertiary/aromatic N) is 2. The van der Waals surface area contributed by atoms with E-state index in [-0.39, 0.29) is 17.0 Å². The summed E-state index contributed by atoms with van der Waals surface area (Å²) in [5.74, 6) is 0.644. The van der Waals surface area contributed by atoms with Gasteiger partial charge in [-0.05, 0) is 18.6 Å². The minimum atomic E-state index is -3.55. The maximum Gasteiger partial charge on any atom is 0.276 e. The molecule has 0 radical (unpaired) electrons. The highest BCUT2D eigenvalue weighted by atomic mass is 35.5. The van der Waals surface area contributed by atoms with Crippen LogP contribution in [0.3, 0.4) is 0 Å². The first-order valence-corrected chi connectivity index (χ1v) is 9.05. The number of sulfonamides is 1. The van der Waals surface area contributed by atoms with Crippen LogP contribution >= 0.6 is 11.6 Å². The molecular weight excluding hydrogens is 316 g/mol. The SMILES string of the molecule is O=S(=O)(c1ccc(CCl)o1)N1CCC(N2CCOCC2)C1. The Balaban J connectivity index is 1.69. The number of hydrogen-bond donors (Lipinski definition) is 0. The maximum atomic E-state index is 12.5. The third-order valence-electron chi connectivity index (χ3n) is 4.05. The van der Waals surface area contributed by atoms with Gasteiger partial charge in [-0.15, -0.1) is 11.6 Å². The van der Waals surface area contributed by atoms with E-state index in [1.54, 1.807) is 6.07 Å². The molecule has 1 aromatic rings. The maximum absolute atomic E-state index is 12.5. The van der Waals surface area contributed by atoms with Crippen molar-refractivity contribution < 1.29 is 17.6 Å². The highest BCUT2D eigenvalue weighted by molar-refractivity contribution is 7.89. The van der Waals surface area contributed by atoms with Gasteiger partial charge in [-0.1, -0.05) is 0 Å². The summed E-state index contributed by atoms with van der Waals surface area (Å²) in [6.07, 6.45) is 0.850. The minimum absolute atomic E-state index is 0.0132. The van der Waals surface area contributed by atoms with Crippen LogP contribution in [0.25, 0.3) is 0 Å². The van der Waals surface area contributed by atoms with Crippen LogP contribution in [0.2, 0.25) is 0 Å². The van der Waals surface area contributed by atoms with Gasteiger partial charge in [0.1, 0.15) is 5.76 Å². The average Bonchev–Trinajstić information content (AvgIpc) is 3.18. The Morgan fingerprint density at radius 2 is 2.00 bits per heavy atom. The highest BCUT2D eigenvalue weighted by Crippen LogP contribution is 2.25. The second-order valence-corrected chi connectivity index (χ2v) is 7.44. The summed E-state index contributed by atoms with van der Waals surface area (Å²) in [7, 11) is -3.55. The summed E-state index contributed by atoms with van der Waals surface area (Å²) in [4.78, 5) is 2.31. The number of rotatable bonds is 4. The third-order valence-corrected chi connectivity index (χ3v) is 6.05. The van der Waals surface area contributed by atoms with Gasteiger partial charge in [0.15, 0.2) is 0 Å². The van der Waals surface area contributed by atoms with Crippen LogP contribution in [0.5, 0.6) is 0 Å². The van der Waals surface area contributed by atoms with E-state index in [2.05, 4.69) is 4.90 Å². The summed E-state index contributed by atoms with van der Waals surface area (Å²) < 4.78 is 37.2. The van der Waals surface area contributed by atoms with Gasteiger partial charge in [0.2, 0.25) is 5.09 Å². The lowest BCUT2D eigenvalue weighted by Gasteiger charge is -2.31. The van der Waals surface area contributed by atoms with Crippen LogP contribution in [0.4, 0.5) is 0 Å². The number of hydrogen-bond acceptors (Lipinski definition) is 5. The van der Waals surface area contributed by atoms with Crippen molar-refractivity contribution in [1.29, 1.82) is 0 Å². The quantitative estimate of drug-likeness (QED) is 0.772. The Labute approximate surface area is 129 Å². The zero-order valence-corrected chi connectivity index (χ0v) is 13.3. The molecule has 0 amide bonds. The largest absolute Gasteiger partial charge is 0.447 e. The monoisotopic (exact) mass is 334 g/mol. The van der Waals surface area contributed by atoms with Gasteiger partial charge in [0.05, 0.1) is 19.1 Å². The molecule has 3 rings (SSSR count). The smallest absolute Gasteiger partial charge is 0.276 e. The van der Waals surface area contributed by atoms with E-state index in [4.69, 9.17) is 20.8 Å². The van der Waals surface area contributed by atoms with E-state index in [0.717, 1.165) is 32.7 Å². The summed E-state index contributed by atoms with van der Waals surface area (Å²) in [5, 5.41) is -0.0132. The second-order valence-electron chi connectivity index (χ2n) is 5.31. The minimum Gasteiger partial charge on any atom is -0.447 e. The van der Waals surface area contributed by atoms with Crippen molar-refractivity contribution in [3.63, 3.8) is 0 Å². The van der Waals surface area contributed by atoms with Gasteiger partial charge in [-0.25, -0.2) is 8.42 Å². The molecule has 21 heavy (non-hydrogen) atoms. The molecule has 2 aliphatic rings. The van der Waals surface area contributed by atoms with Gasteiger partial charge < -0.3 is 9.15 Å². The molecule has 0 spiro atoms. The van der Waals surface area contributed by atoms with E-state index in [1.165, 1.54) is 10.4 Å². The van der Waals surface area contributed by atoms with Crippen LogP contribution in [0.1, 0.15) is 12.2 Å². The van der Waals surface area contributed by atoms with Crippen molar-refractivity contribution in [2.45, 2.75) is 23.4 Å². The number of furan rings is 1. The Kier molecular flexibility index (Phi) is 4.56. The van der Waals surface area contributed by atoms with Gasteiger partial charge in [0, 0.05) is 32.2 Å². The lowest BCUT2D eigenvalue weighted by molar-refractivity contribution is 0.0196. The number of alkyl halides is 1. The zero-order valence-electron chi connectivity index (χ0n) is 11.7. The van der Waals surface area contributed by atoms with E-state index < -0.39 is 10.0 Å². The Morgan fingerprint density at radius 3 is 2.67 bits per heavy atom. The van der Waals surface area contributed by atoms with Crippen molar-refractivity contribution >= 4 is 21.6 Å². The first-order valence-electron chi connectivity index (χ1n) is 7.08. The van der Waals surface area contributed by atoms with E-state index in [1.807, 2.05) is 0 Å². The van der Waals surface area contributed by atoms with E-state index >= 15 is 0 Å². The molecular formula is C13H19ClN2O4S. The van der Waals surface area contributed by atoms with Crippen molar-refractivity contribution in [3.8, 4) is 0 Å². The van der Waals surface area contributed by atoms with Gasteiger partial charge >= 0.3 is 0 Å². The van der Waals surface area contributed by atoms with Crippen LogP contribution in [-0.2, 0) is 20.6 Å². The first-order chi connectivity index (χ1) is 10.1. The van der Waals surface area contributed by atoms with Gasteiger partial charge in [-0.3, -0.25) is 4.90 Å². The van der Waals surface area contributed by atoms with Crippen molar-refractivity contribution in [2.24, 2.45) is 0 Å². The van der Waals surface area contributed by atoms with Gasteiger partial charge in [-0.2, -0.15) is 4.31 Å². The number of morpholine rings is 1. The third kappa shape index (κ3) is 3.12. The van der Waals surface area contributed by atoms with Crippen LogP contribution in [0.15, 0.2) is 21.6 Å². The molecule has 0 N–H and O–H groups in total. The molecule has 8 heteroatoms. The van der Waals surface area contributed by atoms with Gasteiger partial charge in [0.25, 0.3) is 10.0 Å². The molecule has 0 saturated carbocycles. The molecule has 0 aliphatic carbocycles. The van der Waals surface area contributed by atoms with Crippen LogP contribution in [-0.4, -0.2) is 63.1 Å². The summed E-state index contributed by atoms with van der Waals surface area (Å²) in [6, 6.07) is 3.36. The molecule has 2 saturated heterocycles. The molecule has 1 unspecified atom stereocenters. The summed E-state index contributed by atoms with van der Waals surface area (Å²) >= 11 is 5.65. The Morgan fingerprint density at radius 1 is 1.24 bits per heavy atom. The lowest BCUT2D eigenvalue weighted by Crippen LogP contribution is -2.45. The predicted molar refractivity (Wildman–Crippen MR) is 77.8 cm³/mol. The molecule has 0 aromatic carbocycles. The topological polar surface area (TPSA) is 63.0 Å². The van der Waals surface area contributed by atoms with Crippen LogP contribution in [0, 0.1) is 0 Å². The van der Waals surface area contributed by atoms with Crippen molar-refractivity contribution in [1.82, 2.24) is 9.21 Å². The predicted octanol–water partition coefficient (Wildman–Crippen LogP) is 1.11. The number of halogens is 1. The second kappa shape index (κ2) is 6.26. The molecule has 2 aliphatic heterocycles. The fourth-order valence-electron chi connectivity index (χ4n) is 2.87. The molecule has 3 heterocycles. The first kappa shape index (κ1) is 15.3. The normalized spacial score (nSPS) is 25.5. The zero-order chi connectivity index (χ0) is 14.9. The Bertz CT molecular complexity index is 583. The lowest BCUT2D eigenvalue weighted by atomic mass is 10.2. The fourth-order valence-corrected chi connectivity index (χ4v) is 4.43. The molecule has 6 nitrogen and oxygen atoms in total. The van der Waals surface area contributed by atoms with Crippen molar-refractivity contribution in [2.75, 3.05) is 39.4 Å². The molecule has 0 bridgehead atoms. The van der Waals surface area contributed by atoms with Crippen molar-refractivity contribution in [3.05, 3.63) is 17.9 Å². The molecule has 1 aromatic heterocycles. The van der Waals surface area contributed by atoms with E-state index in [0.29, 0.717) is 18.8 Å². The standard InChI is InChI=1S/C13H19ClN2O4S/c14-9-12-1-2-13(20-12)21(17,18)16-4-3-11(10-16)15-5-7-19-8-6-15/h1-2,11H,3-10H2. The molecule has 1 atom stereocenters.